The molecule has 0 bridgehead atoms. The molecule has 7 heteroatoms. The first kappa shape index (κ1) is 13.2. The lowest BCUT2D eigenvalue weighted by Gasteiger charge is -2.45. The number of ether oxygens (including phenoxy) is 2. The fourth-order valence-corrected chi connectivity index (χ4v) is 2.30. The molecule has 0 saturated carbocycles. The lowest BCUT2D eigenvalue weighted by atomic mass is 9.99. The van der Waals surface area contributed by atoms with Crippen molar-refractivity contribution in [1.82, 2.24) is 20.2 Å². The molecule has 7 nitrogen and oxygen atoms in total. The van der Waals surface area contributed by atoms with E-state index in [0.29, 0.717) is 19.6 Å². The highest BCUT2D eigenvalue weighted by Gasteiger charge is 2.48. The van der Waals surface area contributed by atoms with Crippen LogP contribution in [0.1, 0.15) is 12.0 Å². The Bertz CT molecular complexity index is 526. The zero-order valence-electron chi connectivity index (χ0n) is 10.9. The molecule has 1 N–H and O–H groups in total. The van der Waals surface area contributed by atoms with Gasteiger partial charge in [-0.05, 0) is 16.0 Å². The van der Waals surface area contributed by atoms with E-state index >= 15 is 0 Å². The van der Waals surface area contributed by atoms with Crippen molar-refractivity contribution < 1.29 is 14.6 Å². The molecule has 0 spiro atoms. The van der Waals surface area contributed by atoms with Crippen LogP contribution in [0.5, 0.6) is 0 Å². The highest BCUT2D eigenvalue weighted by Crippen LogP contribution is 2.36. The lowest BCUT2D eigenvalue weighted by Crippen LogP contribution is -2.56. The van der Waals surface area contributed by atoms with E-state index in [2.05, 4.69) is 15.5 Å². The van der Waals surface area contributed by atoms with Crippen molar-refractivity contribution in [3.8, 4) is 0 Å². The van der Waals surface area contributed by atoms with E-state index in [-0.39, 0.29) is 12.7 Å². The summed E-state index contributed by atoms with van der Waals surface area (Å²) in [4.78, 5) is 0. The van der Waals surface area contributed by atoms with E-state index in [4.69, 9.17) is 9.47 Å². The summed E-state index contributed by atoms with van der Waals surface area (Å²) in [7, 11) is 0. The maximum Gasteiger partial charge on any atom is 0.190 e. The number of aromatic nitrogens is 4. The Balaban J connectivity index is 1.46. The molecule has 106 valence electrons. The average molecular weight is 276 g/mol. The first-order chi connectivity index (χ1) is 9.82. The van der Waals surface area contributed by atoms with Gasteiger partial charge in [0.15, 0.2) is 5.72 Å². The van der Waals surface area contributed by atoms with Gasteiger partial charge in [-0.2, -0.15) is 4.68 Å². The van der Waals surface area contributed by atoms with Crippen molar-refractivity contribution >= 4 is 0 Å². The molecule has 0 amide bonds. The minimum Gasteiger partial charge on any atom is -0.391 e. The van der Waals surface area contributed by atoms with Crippen molar-refractivity contribution in [2.24, 2.45) is 0 Å². The van der Waals surface area contributed by atoms with Crippen molar-refractivity contribution in [2.75, 3.05) is 13.2 Å². The molecule has 2 unspecified atom stereocenters. The van der Waals surface area contributed by atoms with Gasteiger partial charge in [0.1, 0.15) is 6.33 Å². The van der Waals surface area contributed by atoms with E-state index in [1.54, 1.807) is 0 Å². The Kier molecular flexibility index (Phi) is 3.72. The van der Waals surface area contributed by atoms with Crippen LogP contribution in [-0.2, 0) is 21.8 Å². The molecule has 0 radical (unpaired) electrons. The molecule has 3 rings (SSSR count). The number of hydrogen-bond acceptors (Lipinski definition) is 6. The Morgan fingerprint density at radius 2 is 2.20 bits per heavy atom. The van der Waals surface area contributed by atoms with Crippen LogP contribution in [0, 0.1) is 0 Å². The number of rotatable bonds is 6. The minimum atomic E-state index is -0.829. The molecule has 2 atom stereocenters. The van der Waals surface area contributed by atoms with Crippen LogP contribution in [-0.4, -0.2) is 44.6 Å². The average Bonchev–Trinajstić information content (AvgIpc) is 2.97. The lowest BCUT2D eigenvalue weighted by molar-refractivity contribution is -0.289. The molecule has 20 heavy (non-hydrogen) atoms. The second-order valence-electron chi connectivity index (χ2n) is 4.80. The normalized spacial score (nSPS) is 25.4. The zero-order chi connectivity index (χ0) is 13.8. The van der Waals surface area contributed by atoms with E-state index < -0.39 is 5.72 Å². The summed E-state index contributed by atoms with van der Waals surface area (Å²) < 4.78 is 12.8. The van der Waals surface area contributed by atoms with Gasteiger partial charge in [0.2, 0.25) is 0 Å². The number of nitrogens with zero attached hydrogens (tertiary/aromatic N) is 4. The van der Waals surface area contributed by atoms with E-state index in [9.17, 15) is 5.11 Å². The molecule has 1 saturated heterocycles. The van der Waals surface area contributed by atoms with Gasteiger partial charge in [-0.25, -0.2) is 0 Å². The van der Waals surface area contributed by atoms with Gasteiger partial charge in [0.05, 0.1) is 25.9 Å². The van der Waals surface area contributed by atoms with Crippen molar-refractivity contribution in [1.29, 1.82) is 0 Å². The summed E-state index contributed by atoms with van der Waals surface area (Å²) in [5.41, 5.74) is 0.297. The molecule has 1 aromatic carbocycles. The van der Waals surface area contributed by atoms with Crippen LogP contribution in [0.2, 0.25) is 0 Å². The summed E-state index contributed by atoms with van der Waals surface area (Å²) >= 11 is 0. The third-order valence-corrected chi connectivity index (χ3v) is 3.36. The third-order valence-electron chi connectivity index (χ3n) is 3.36. The molecule has 0 aliphatic carbocycles. The summed E-state index contributed by atoms with van der Waals surface area (Å²) in [6.45, 7) is 0.879. The highest BCUT2D eigenvalue weighted by molar-refractivity contribution is 5.13. The summed E-state index contributed by atoms with van der Waals surface area (Å²) in [5.74, 6) is 0. The van der Waals surface area contributed by atoms with Gasteiger partial charge >= 0.3 is 0 Å². The van der Waals surface area contributed by atoms with E-state index in [1.807, 2.05) is 30.3 Å². The van der Waals surface area contributed by atoms with Crippen LogP contribution in [0.15, 0.2) is 36.7 Å². The van der Waals surface area contributed by atoms with Crippen molar-refractivity contribution in [3.05, 3.63) is 42.2 Å². The standard InChI is InChI=1S/C13H16N4O3/c18-9-13(17-10-14-15-16-17)6-12(20-13)8-19-7-11-4-2-1-3-5-11/h1-5,10,12,18H,6-9H2. The Hall–Kier alpha value is -1.83. The molecule has 1 fully saturated rings. The second kappa shape index (κ2) is 5.66. The fraction of sp³-hybridized carbons (Fsp3) is 0.462. The SMILES string of the molecule is OCC1(n2cnnn2)CC(COCc2ccccc2)O1. The zero-order valence-corrected chi connectivity index (χ0v) is 10.9. The van der Waals surface area contributed by atoms with Crippen molar-refractivity contribution in [3.63, 3.8) is 0 Å². The van der Waals surface area contributed by atoms with Crippen LogP contribution >= 0.6 is 0 Å². The third kappa shape index (κ3) is 2.55. The Morgan fingerprint density at radius 3 is 2.85 bits per heavy atom. The van der Waals surface area contributed by atoms with E-state index in [0.717, 1.165) is 5.56 Å². The van der Waals surface area contributed by atoms with Gasteiger partial charge in [0, 0.05) is 6.42 Å². The van der Waals surface area contributed by atoms with Crippen LogP contribution in [0.3, 0.4) is 0 Å². The Morgan fingerprint density at radius 1 is 1.40 bits per heavy atom. The molecule has 1 aliphatic heterocycles. The summed E-state index contributed by atoms with van der Waals surface area (Å²) in [6.07, 6.45) is 2.02. The molecular formula is C13H16N4O3. The monoisotopic (exact) mass is 276 g/mol. The summed E-state index contributed by atoms with van der Waals surface area (Å²) in [6, 6.07) is 9.96. The first-order valence-corrected chi connectivity index (χ1v) is 6.46. The number of hydrogen-bond donors (Lipinski definition) is 1. The summed E-state index contributed by atoms with van der Waals surface area (Å²) in [5, 5.41) is 20.3. The smallest absolute Gasteiger partial charge is 0.190 e. The molecular weight excluding hydrogens is 260 g/mol. The number of tetrazole rings is 1. The predicted molar refractivity (Wildman–Crippen MR) is 68.5 cm³/mol. The Labute approximate surface area is 116 Å². The van der Waals surface area contributed by atoms with Crippen LogP contribution in [0.4, 0.5) is 0 Å². The second-order valence-corrected chi connectivity index (χ2v) is 4.80. The first-order valence-electron chi connectivity index (χ1n) is 6.46. The van der Waals surface area contributed by atoms with Gasteiger partial charge in [-0.15, -0.1) is 5.10 Å². The largest absolute Gasteiger partial charge is 0.391 e. The van der Waals surface area contributed by atoms with Gasteiger partial charge < -0.3 is 14.6 Å². The van der Waals surface area contributed by atoms with Gasteiger partial charge in [0.25, 0.3) is 0 Å². The maximum absolute atomic E-state index is 9.45. The maximum atomic E-state index is 9.45. The van der Waals surface area contributed by atoms with Gasteiger partial charge in [-0.1, -0.05) is 30.3 Å². The predicted octanol–water partition coefficient (Wildman–Crippen LogP) is 0.324. The highest BCUT2D eigenvalue weighted by atomic mass is 16.6. The van der Waals surface area contributed by atoms with Crippen molar-refractivity contribution in [2.45, 2.75) is 24.9 Å². The molecule has 1 aliphatic rings. The van der Waals surface area contributed by atoms with Gasteiger partial charge in [-0.3, -0.25) is 0 Å². The number of benzene rings is 1. The minimum absolute atomic E-state index is 0.0462. The molecule has 2 heterocycles. The molecule has 1 aromatic heterocycles. The van der Waals surface area contributed by atoms with Crippen LogP contribution in [0.25, 0.3) is 0 Å². The molecule has 2 aromatic rings. The topological polar surface area (TPSA) is 82.3 Å². The van der Waals surface area contributed by atoms with E-state index in [1.165, 1.54) is 11.0 Å². The fourth-order valence-electron chi connectivity index (χ4n) is 2.30. The number of aliphatic hydroxyl groups excluding tert-OH is 1. The number of aliphatic hydroxyl groups is 1. The quantitative estimate of drug-likeness (QED) is 0.818. The van der Waals surface area contributed by atoms with Crippen LogP contribution < -0.4 is 0 Å².